The highest BCUT2D eigenvalue weighted by Crippen LogP contribution is 2.33. The summed E-state index contributed by atoms with van der Waals surface area (Å²) >= 11 is 7.13. The number of sulfonamides is 1. The molecule has 1 aromatic carbocycles. The van der Waals surface area contributed by atoms with Crippen molar-refractivity contribution in [3.63, 3.8) is 0 Å². The van der Waals surface area contributed by atoms with Crippen molar-refractivity contribution in [1.82, 2.24) is 4.72 Å². The highest BCUT2D eigenvalue weighted by molar-refractivity contribution is 8.16. The zero-order chi connectivity index (χ0) is 12.6. The quantitative estimate of drug-likeness (QED) is 0.864. The molecule has 1 aromatic rings. The highest BCUT2D eigenvalue weighted by Gasteiger charge is 2.27. The van der Waals surface area contributed by atoms with E-state index in [-0.39, 0.29) is 10.9 Å². The van der Waals surface area contributed by atoms with Crippen LogP contribution in [0.2, 0.25) is 5.02 Å². The molecule has 2 rings (SSSR count). The number of nitrogens with zero attached hydrogens (tertiary/aromatic N) is 1. The number of amidine groups is 1. The Balaban J connectivity index is 2.53. The normalized spacial score (nSPS) is 20.1. The Hall–Kier alpha value is -0.720. The number of halogens is 1. The molecule has 1 heterocycles. The Labute approximate surface area is 110 Å². The van der Waals surface area contributed by atoms with E-state index in [9.17, 15) is 8.42 Å². The molecule has 1 N–H and O–H groups in total. The minimum atomic E-state index is -3.51. The van der Waals surface area contributed by atoms with E-state index >= 15 is 0 Å². The van der Waals surface area contributed by atoms with Gasteiger partial charge in [0.2, 0.25) is 0 Å². The van der Waals surface area contributed by atoms with Crippen LogP contribution in [0.25, 0.3) is 0 Å². The van der Waals surface area contributed by atoms with Gasteiger partial charge in [-0.15, -0.1) is 0 Å². The molecule has 1 aliphatic rings. The maximum Gasteiger partial charge on any atom is 0.264 e. The predicted octanol–water partition coefficient (Wildman–Crippen LogP) is 2.49. The summed E-state index contributed by atoms with van der Waals surface area (Å²) in [5.41, 5.74) is 0. The molecule has 0 fully saturated rings. The molecule has 0 aliphatic carbocycles. The summed E-state index contributed by atoms with van der Waals surface area (Å²) in [4.78, 5) is 5.06. The first-order valence-corrected chi connectivity index (χ1v) is 7.64. The molecule has 17 heavy (non-hydrogen) atoms. The van der Waals surface area contributed by atoms with Gasteiger partial charge in [-0.25, -0.2) is 8.42 Å². The first-order valence-electron chi connectivity index (χ1n) is 4.96. The first kappa shape index (κ1) is 12.7. The van der Waals surface area contributed by atoms with Crippen molar-refractivity contribution in [1.29, 1.82) is 0 Å². The summed E-state index contributed by atoms with van der Waals surface area (Å²) in [6, 6.07) is 4.72. The smallest absolute Gasteiger partial charge is 0.259 e. The van der Waals surface area contributed by atoms with Crippen molar-refractivity contribution < 1.29 is 8.42 Å². The van der Waals surface area contributed by atoms with Crippen LogP contribution >= 0.6 is 23.4 Å². The van der Waals surface area contributed by atoms with Gasteiger partial charge in [-0.1, -0.05) is 23.4 Å². The van der Waals surface area contributed by atoms with Crippen LogP contribution in [-0.2, 0) is 10.0 Å². The van der Waals surface area contributed by atoms with Crippen LogP contribution in [0.4, 0.5) is 0 Å². The molecule has 0 amide bonds. The Morgan fingerprint density at radius 1 is 1.41 bits per heavy atom. The second kappa shape index (κ2) is 4.51. The fourth-order valence-electron chi connectivity index (χ4n) is 1.37. The van der Waals surface area contributed by atoms with Gasteiger partial charge in [-0.05, 0) is 32.0 Å². The van der Waals surface area contributed by atoms with Crippen LogP contribution in [0.1, 0.15) is 13.8 Å². The van der Waals surface area contributed by atoms with Gasteiger partial charge in [0.15, 0.2) is 5.17 Å². The van der Waals surface area contributed by atoms with Crippen LogP contribution in [0, 0.1) is 0 Å². The summed E-state index contributed by atoms with van der Waals surface area (Å²) in [6.45, 7) is 3.77. The molecule has 1 aliphatic heterocycles. The molecule has 0 radical (unpaired) electrons. The number of rotatable bonds is 1. The Morgan fingerprint density at radius 3 is 2.76 bits per heavy atom. The lowest BCUT2D eigenvalue weighted by Gasteiger charge is -2.19. The van der Waals surface area contributed by atoms with Crippen LogP contribution in [0.15, 0.2) is 33.0 Å². The van der Waals surface area contributed by atoms with Crippen molar-refractivity contribution >= 4 is 38.6 Å². The van der Waals surface area contributed by atoms with Crippen LogP contribution in [-0.4, -0.2) is 19.6 Å². The Morgan fingerprint density at radius 2 is 2.12 bits per heavy atom. The molecule has 92 valence electrons. The van der Waals surface area contributed by atoms with E-state index in [4.69, 9.17) is 11.6 Å². The SMILES string of the molecule is CC(C)N=C1NS(=O)(=O)c2ccc(Cl)cc2S1. The van der Waals surface area contributed by atoms with Gasteiger partial charge in [0, 0.05) is 16.0 Å². The largest absolute Gasteiger partial charge is 0.264 e. The number of benzene rings is 1. The maximum atomic E-state index is 11.9. The minimum Gasteiger partial charge on any atom is -0.259 e. The number of hydrogen-bond acceptors (Lipinski definition) is 4. The third kappa shape index (κ3) is 2.75. The zero-order valence-electron chi connectivity index (χ0n) is 9.27. The zero-order valence-corrected chi connectivity index (χ0v) is 11.7. The van der Waals surface area contributed by atoms with Gasteiger partial charge in [0.25, 0.3) is 10.0 Å². The fraction of sp³-hybridized carbons (Fsp3) is 0.300. The van der Waals surface area contributed by atoms with Crippen molar-refractivity contribution in [3.05, 3.63) is 23.2 Å². The lowest BCUT2D eigenvalue weighted by molar-refractivity contribution is 0.590. The fourth-order valence-corrected chi connectivity index (χ4v) is 4.34. The van der Waals surface area contributed by atoms with Crippen LogP contribution in [0.3, 0.4) is 0 Å². The van der Waals surface area contributed by atoms with E-state index in [0.29, 0.717) is 15.1 Å². The average Bonchev–Trinajstić information content (AvgIpc) is 2.13. The van der Waals surface area contributed by atoms with Crippen molar-refractivity contribution in [3.8, 4) is 0 Å². The molecular weight excluding hydrogens is 280 g/mol. The molecule has 0 spiro atoms. The molecule has 4 nitrogen and oxygen atoms in total. The summed E-state index contributed by atoms with van der Waals surface area (Å²) in [5.74, 6) is 0. The average molecular weight is 291 g/mol. The number of nitrogens with one attached hydrogen (secondary N) is 1. The van der Waals surface area contributed by atoms with Crippen molar-refractivity contribution in [2.45, 2.75) is 29.7 Å². The molecule has 0 unspecified atom stereocenters. The third-order valence-corrected chi connectivity index (χ3v) is 4.85. The monoisotopic (exact) mass is 290 g/mol. The van der Waals surface area contributed by atoms with E-state index in [1.165, 1.54) is 17.8 Å². The first-order chi connectivity index (χ1) is 7.88. The third-order valence-electron chi connectivity index (χ3n) is 2.00. The molecule has 0 saturated heterocycles. The summed E-state index contributed by atoms with van der Waals surface area (Å²) in [7, 11) is -3.51. The molecule has 7 heteroatoms. The summed E-state index contributed by atoms with van der Waals surface area (Å²) in [6.07, 6.45) is 0. The molecule has 0 saturated carbocycles. The van der Waals surface area contributed by atoms with E-state index in [2.05, 4.69) is 9.71 Å². The van der Waals surface area contributed by atoms with E-state index in [1.807, 2.05) is 13.8 Å². The van der Waals surface area contributed by atoms with Crippen molar-refractivity contribution in [2.75, 3.05) is 0 Å². The van der Waals surface area contributed by atoms with Crippen LogP contribution in [0.5, 0.6) is 0 Å². The standard InChI is InChI=1S/C10H11ClN2O2S2/c1-6(2)12-10-13-17(14,15)9-4-3-7(11)5-8(9)16-10/h3-6H,1-2H3,(H,12,13). The lowest BCUT2D eigenvalue weighted by atomic mass is 10.4. The topological polar surface area (TPSA) is 58.5 Å². The van der Waals surface area contributed by atoms with Gasteiger partial charge < -0.3 is 0 Å². The van der Waals surface area contributed by atoms with Gasteiger partial charge in [0.1, 0.15) is 4.90 Å². The van der Waals surface area contributed by atoms with E-state index in [0.717, 1.165) is 0 Å². The lowest BCUT2D eigenvalue weighted by Crippen LogP contribution is -2.33. The second-order valence-electron chi connectivity index (χ2n) is 3.83. The van der Waals surface area contributed by atoms with Crippen LogP contribution < -0.4 is 4.72 Å². The van der Waals surface area contributed by atoms with Gasteiger partial charge in [-0.2, -0.15) is 0 Å². The van der Waals surface area contributed by atoms with Gasteiger partial charge >= 0.3 is 0 Å². The molecule has 0 atom stereocenters. The number of thioether (sulfide) groups is 1. The summed E-state index contributed by atoms with van der Waals surface area (Å²) < 4.78 is 26.3. The number of fused-ring (bicyclic) bond motifs is 1. The number of aliphatic imine (C=N–C) groups is 1. The minimum absolute atomic E-state index is 0.0286. The molecule has 0 aromatic heterocycles. The molecular formula is C10H11ClN2O2S2. The van der Waals surface area contributed by atoms with Gasteiger partial charge in [0.05, 0.1) is 0 Å². The van der Waals surface area contributed by atoms with Gasteiger partial charge in [-0.3, -0.25) is 9.71 Å². The molecule has 0 bridgehead atoms. The predicted molar refractivity (Wildman–Crippen MR) is 70.2 cm³/mol. The van der Waals surface area contributed by atoms with E-state index < -0.39 is 10.0 Å². The number of hydrogen-bond donors (Lipinski definition) is 1. The van der Waals surface area contributed by atoms with E-state index in [1.54, 1.807) is 12.1 Å². The Bertz CT molecular complexity index is 582. The van der Waals surface area contributed by atoms with Crippen molar-refractivity contribution in [2.24, 2.45) is 4.99 Å². The maximum absolute atomic E-state index is 11.9. The Kier molecular flexibility index (Phi) is 3.38. The second-order valence-corrected chi connectivity index (χ2v) is 6.94. The highest BCUT2D eigenvalue weighted by atomic mass is 35.5. The summed E-state index contributed by atoms with van der Waals surface area (Å²) in [5, 5.41) is 0.895.